The van der Waals surface area contributed by atoms with Crippen LogP contribution < -0.4 is 22.4 Å². The molecule has 0 saturated heterocycles. The summed E-state index contributed by atoms with van der Waals surface area (Å²) in [5, 5.41) is 6.94. The number of halogens is 5. The molecule has 18 heteroatoms. The van der Waals surface area contributed by atoms with E-state index >= 15 is 0 Å². The van der Waals surface area contributed by atoms with Gasteiger partial charge in [-0.25, -0.2) is 30.8 Å². The number of ketones is 1. The van der Waals surface area contributed by atoms with Gasteiger partial charge >= 0.3 is 0 Å². The summed E-state index contributed by atoms with van der Waals surface area (Å²) >= 11 is 16.4. The van der Waals surface area contributed by atoms with Crippen molar-refractivity contribution in [3.8, 4) is 0 Å². The van der Waals surface area contributed by atoms with Gasteiger partial charge in [0.05, 0.1) is 0 Å². The Labute approximate surface area is 441 Å². The first-order valence-electron chi connectivity index (χ1n) is 22.8. The highest BCUT2D eigenvalue weighted by molar-refractivity contribution is 9.11. The number of aromatic nitrogens is 7. The molecule has 13 nitrogen and oxygen atoms in total. The first-order valence-corrected chi connectivity index (χ1v) is 26.8. The third-order valence-electron chi connectivity index (χ3n) is 11.3. The number of aryl methyl sites for hydroxylation is 4. The number of nitrogens with one attached hydrogen (secondary N) is 4. The Hall–Kier alpha value is -4.07. The Morgan fingerprint density at radius 2 is 0.926 bits per heavy atom. The minimum absolute atomic E-state index is 0. The number of hydrazine groups is 1. The van der Waals surface area contributed by atoms with E-state index in [1.54, 1.807) is 6.07 Å². The highest BCUT2D eigenvalue weighted by Gasteiger charge is 2.17. The summed E-state index contributed by atoms with van der Waals surface area (Å²) in [6.45, 7) is 0. The molecule has 0 spiro atoms. The third-order valence-corrected chi connectivity index (χ3v) is 13.5. The number of Topliss-reactive ketones (excluding diaryl/α,β-unsaturated/α-hetero) is 1. The molecule has 11 rings (SSSR count). The van der Waals surface area contributed by atoms with Crippen LogP contribution in [0.1, 0.15) is 120 Å². The molecule has 0 atom stereocenters. The number of pyridine rings is 5. The number of nitrogen functional groups attached to an aromatic ring is 2. The maximum atomic E-state index is 10.5. The molecule has 7 heterocycles. The number of hydrazone groups is 1. The van der Waals surface area contributed by atoms with E-state index in [-0.39, 0.29) is 7.43 Å². The van der Waals surface area contributed by atoms with Crippen molar-refractivity contribution >= 4 is 131 Å². The number of hydrogen-bond acceptors (Lipinski definition) is 11. The van der Waals surface area contributed by atoms with E-state index < -0.39 is 0 Å². The van der Waals surface area contributed by atoms with E-state index in [1.807, 2.05) is 60.7 Å². The van der Waals surface area contributed by atoms with Crippen LogP contribution in [-0.4, -0.2) is 46.4 Å². The number of nitrogens with zero attached hydrogens (tertiary/aromatic N) is 6. The molecule has 2 saturated carbocycles. The van der Waals surface area contributed by atoms with E-state index in [9.17, 15) is 4.79 Å². The van der Waals surface area contributed by atoms with Crippen LogP contribution in [0.3, 0.4) is 0 Å². The number of fused-ring (bicyclic) bond motifs is 6. The molecule has 7 aromatic heterocycles. The van der Waals surface area contributed by atoms with Crippen molar-refractivity contribution in [1.82, 2.24) is 34.9 Å². The second-order valence-electron chi connectivity index (χ2n) is 16.3. The standard InChI is InChI=1S/C11H14BrN3.C11H11BrN2.C11H13N3.C6H10O.C5H3Br2N.C5H6BrN3.CH4/c12-10-7-4-8-11(13-10)15-14-9-5-2-1-3-6-9;2*12-10-6-5-8-7-3-1-2-4-9(7)13-11(8)14-10;7-6-4-2-1-3-5-6;6-4-2-1-3-5(7)8-4;6-4-2-1-3-5(8-4)9-7;/h4,7-8H,1-3,5-6H2,(H,13,15);5-6H,1-4H2,(H,13,14);5-6H,1-4H2,(H3,12,13,14);1-5H2;1-3H;1-3H,7H2,(H,8,9);1H4. The van der Waals surface area contributed by atoms with Gasteiger partial charge in [-0.15, -0.1) is 0 Å². The molecule has 0 aromatic carbocycles. The molecule has 0 bridgehead atoms. The van der Waals surface area contributed by atoms with Crippen LogP contribution in [0.4, 0.5) is 17.5 Å². The van der Waals surface area contributed by atoms with E-state index in [4.69, 9.17) is 11.6 Å². The van der Waals surface area contributed by atoms with Crippen molar-refractivity contribution in [1.29, 1.82) is 0 Å². The van der Waals surface area contributed by atoms with Crippen LogP contribution in [0.2, 0.25) is 0 Å². The zero-order valence-electron chi connectivity index (χ0n) is 37.4. The Bertz CT molecular complexity index is 2580. The van der Waals surface area contributed by atoms with Crippen molar-refractivity contribution in [3.63, 3.8) is 0 Å². The van der Waals surface area contributed by atoms with Crippen molar-refractivity contribution in [2.45, 2.75) is 123 Å². The van der Waals surface area contributed by atoms with Gasteiger partial charge in [0.15, 0.2) is 0 Å². The fraction of sp³-hybridized carbons (Fsp3) is 0.380. The zero-order valence-corrected chi connectivity index (χ0v) is 45.3. The fourth-order valence-corrected chi connectivity index (χ4v) is 9.97. The van der Waals surface area contributed by atoms with Crippen LogP contribution in [0, 0.1) is 0 Å². The van der Waals surface area contributed by atoms with Crippen LogP contribution in [0.5, 0.6) is 0 Å². The molecular weight excluding hydrogens is 1180 g/mol. The van der Waals surface area contributed by atoms with Crippen LogP contribution in [-0.2, 0) is 30.5 Å². The Morgan fingerprint density at radius 3 is 1.41 bits per heavy atom. The van der Waals surface area contributed by atoms with E-state index in [0.29, 0.717) is 17.4 Å². The van der Waals surface area contributed by atoms with Gasteiger partial charge in [0.25, 0.3) is 0 Å². The number of carbonyl (C=O) groups excluding carboxylic acids is 1. The lowest BCUT2D eigenvalue weighted by Gasteiger charge is -2.12. The molecule has 0 amide bonds. The van der Waals surface area contributed by atoms with E-state index in [0.717, 1.165) is 85.1 Å². The third kappa shape index (κ3) is 18.0. The monoisotopic (exact) mass is 1240 g/mol. The minimum atomic E-state index is 0. The summed E-state index contributed by atoms with van der Waals surface area (Å²) in [4.78, 5) is 38.2. The fourth-order valence-electron chi connectivity index (χ4n) is 8.05. The summed E-state index contributed by atoms with van der Waals surface area (Å²) in [7, 11) is 0. The molecule has 4 aliphatic carbocycles. The molecular formula is C50H61Br5N12O. The first kappa shape index (κ1) is 54.9. The summed E-state index contributed by atoms with van der Waals surface area (Å²) in [5.74, 6) is 7.59. The summed E-state index contributed by atoms with van der Waals surface area (Å²) in [6.07, 6.45) is 21.3. The Kier molecular flexibility index (Phi) is 23.6. The lowest BCUT2D eigenvalue weighted by Crippen LogP contribution is -2.07. The largest absolute Gasteiger partial charge is 0.384 e. The maximum Gasteiger partial charge on any atom is 0.147 e. The number of rotatable bonds is 3. The molecule has 0 radical (unpaired) electrons. The molecule has 4 aliphatic rings. The number of H-pyrrole nitrogens is 2. The smallest absolute Gasteiger partial charge is 0.147 e. The van der Waals surface area contributed by atoms with Gasteiger partial charge in [0.2, 0.25) is 0 Å². The normalized spacial score (nSPS) is 14.7. The van der Waals surface area contributed by atoms with Gasteiger partial charge in [0, 0.05) is 40.7 Å². The van der Waals surface area contributed by atoms with E-state index in [2.05, 4.69) is 143 Å². The second kappa shape index (κ2) is 29.2. The second-order valence-corrected chi connectivity index (χ2v) is 20.4. The lowest BCUT2D eigenvalue weighted by atomic mass is 9.96. The predicted molar refractivity (Wildman–Crippen MR) is 298 cm³/mol. The average molecular weight is 1250 g/mol. The number of hydrogen-bond donors (Lipinski definition) is 6. The molecule has 8 N–H and O–H groups in total. The first-order chi connectivity index (χ1) is 32.5. The Morgan fingerprint density at radius 1 is 0.485 bits per heavy atom. The number of aromatic amines is 2. The van der Waals surface area contributed by atoms with Crippen LogP contribution in [0.25, 0.3) is 22.1 Å². The molecule has 362 valence electrons. The highest BCUT2D eigenvalue weighted by atomic mass is 79.9. The van der Waals surface area contributed by atoms with Crippen LogP contribution >= 0.6 is 79.6 Å². The molecule has 7 aromatic rings. The minimum Gasteiger partial charge on any atom is -0.384 e. The summed E-state index contributed by atoms with van der Waals surface area (Å²) in [5.41, 5.74) is 20.0. The highest BCUT2D eigenvalue weighted by Crippen LogP contribution is 2.30. The lowest BCUT2D eigenvalue weighted by molar-refractivity contribution is -0.120. The number of anilines is 3. The average Bonchev–Trinajstić information content (AvgIpc) is 3.90. The van der Waals surface area contributed by atoms with Crippen molar-refractivity contribution in [2.24, 2.45) is 10.9 Å². The van der Waals surface area contributed by atoms with Crippen molar-refractivity contribution < 1.29 is 4.79 Å². The van der Waals surface area contributed by atoms with E-state index in [1.165, 1.54) is 110 Å². The Balaban J connectivity index is 0.000000155. The number of nitrogens with two attached hydrogens (primary N) is 2. The molecule has 2 fully saturated rings. The quantitative estimate of drug-likeness (QED) is 0.0562. The van der Waals surface area contributed by atoms with Gasteiger partial charge < -0.3 is 21.1 Å². The van der Waals surface area contributed by atoms with Gasteiger partial charge in [0.1, 0.15) is 57.5 Å². The SMILES string of the molecule is Brc1ccc2c3c([nH]c2n1)CCCC3.Brc1cccc(Br)n1.Brc1cccc(NN=C2CCCCC2)n1.C.NNc1cccc(Br)n1.Nc1ccc2c3c([nH]c2n1)CCCC3.O=C1CCCCC1. The van der Waals surface area contributed by atoms with Gasteiger partial charge in [-0.1, -0.05) is 38.5 Å². The molecule has 68 heavy (non-hydrogen) atoms. The number of carbonyl (C=O) groups is 1. The van der Waals surface area contributed by atoms with Crippen LogP contribution in [0.15, 0.2) is 107 Å². The van der Waals surface area contributed by atoms with Gasteiger partial charge in [-0.2, -0.15) is 5.10 Å². The summed E-state index contributed by atoms with van der Waals surface area (Å²) < 4.78 is 4.22. The predicted octanol–water partition coefficient (Wildman–Crippen LogP) is 14.7. The topological polar surface area (TPSA) is 202 Å². The van der Waals surface area contributed by atoms with Gasteiger partial charge in [-0.3, -0.25) is 10.2 Å². The van der Waals surface area contributed by atoms with Crippen molar-refractivity contribution in [2.75, 3.05) is 16.6 Å². The summed E-state index contributed by atoms with van der Waals surface area (Å²) in [6, 6.07) is 25.0. The van der Waals surface area contributed by atoms with Gasteiger partial charge in [-0.05, 0) is 241 Å². The molecule has 0 unspecified atom stereocenters. The van der Waals surface area contributed by atoms with Crippen molar-refractivity contribution in [3.05, 3.63) is 124 Å². The maximum absolute atomic E-state index is 10.5. The zero-order chi connectivity index (χ0) is 47.4. The molecule has 0 aliphatic heterocycles.